The first-order valence-electron chi connectivity index (χ1n) is 8.88. The van der Waals surface area contributed by atoms with Crippen molar-refractivity contribution in [2.45, 2.75) is 38.6 Å². The molecule has 0 unspecified atom stereocenters. The number of fused-ring (bicyclic) bond motifs is 3. The van der Waals surface area contributed by atoms with Crippen molar-refractivity contribution in [3.63, 3.8) is 0 Å². The molecule has 0 saturated carbocycles. The van der Waals surface area contributed by atoms with E-state index in [1.54, 1.807) is 0 Å². The van der Waals surface area contributed by atoms with E-state index in [0.717, 1.165) is 44.2 Å². The average molecular weight is 339 g/mol. The Bertz CT molecular complexity index is 965. The molecule has 1 amide bonds. The van der Waals surface area contributed by atoms with Crippen molar-refractivity contribution in [1.82, 2.24) is 14.5 Å². The fraction of sp³-hybridized carbons (Fsp3) is 0.421. The minimum absolute atomic E-state index is 0.0127. The number of carbonyl (C=O) groups excluding carboxylic acids is 1. The van der Waals surface area contributed by atoms with Gasteiger partial charge in [0.2, 0.25) is 11.5 Å². The van der Waals surface area contributed by atoms with E-state index in [1.165, 1.54) is 17.3 Å². The molecule has 4 rings (SSSR count). The summed E-state index contributed by atoms with van der Waals surface area (Å²) in [4.78, 5) is 31.5. The van der Waals surface area contributed by atoms with Gasteiger partial charge in [0.15, 0.2) is 0 Å². The van der Waals surface area contributed by atoms with Gasteiger partial charge in [-0.05, 0) is 25.0 Å². The number of furan rings is 1. The van der Waals surface area contributed by atoms with Crippen molar-refractivity contribution in [2.75, 3.05) is 13.1 Å². The number of para-hydroxylation sites is 1. The minimum Gasteiger partial charge on any atom is -0.448 e. The van der Waals surface area contributed by atoms with Gasteiger partial charge >= 0.3 is 0 Å². The first-order valence-corrected chi connectivity index (χ1v) is 8.88. The molecule has 1 fully saturated rings. The second-order valence-electron chi connectivity index (χ2n) is 6.60. The maximum Gasteiger partial charge on any atom is 0.297 e. The molecule has 3 heterocycles. The van der Waals surface area contributed by atoms with Crippen LogP contribution in [0.25, 0.3) is 22.1 Å². The van der Waals surface area contributed by atoms with Crippen LogP contribution < -0.4 is 5.56 Å². The monoisotopic (exact) mass is 339 g/mol. The van der Waals surface area contributed by atoms with E-state index in [9.17, 15) is 9.59 Å². The van der Waals surface area contributed by atoms with Crippen molar-refractivity contribution in [3.05, 3.63) is 40.9 Å². The molecule has 0 N–H and O–H groups in total. The van der Waals surface area contributed by atoms with Gasteiger partial charge in [-0.2, -0.15) is 0 Å². The molecule has 1 aliphatic rings. The predicted octanol–water partition coefficient (Wildman–Crippen LogP) is 2.94. The zero-order valence-corrected chi connectivity index (χ0v) is 14.1. The van der Waals surface area contributed by atoms with Crippen molar-refractivity contribution >= 4 is 28.0 Å². The molecule has 1 saturated heterocycles. The fourth-order valence-electron chi connectivity index (χ4n) is 3.47. The number of likely N-dealkylation sites (tertiary alicyclic amines) is 1. The molecule has 1 aliphatic heterocycles. The van der Waals surface area contributed by atoms with Gasteiger partial charge in [0.05, 0.1) is 6.33 Å². The zero-order valence-electron chi connectivity index (χ0n) is 14.1. The maximum atomic E-state index is 12.7. The van der Waals surface area contributed by atoms with E-state index < -0.39 is 0 Å². The smallest absolute Gasteiger partial charge is 0.297 e. The molecule has 0 radical (unpaired) electrons. The minimum atomic E-state index is -0.304. The van der Waals surface area contributed by atoms with Crippen LogP contribution in [0, 0.1) is 0 Å². The highest BCUT2D eigenvalue weighted by Gasteiger charge is 2.18. The lowest BCUT2D eigenvalue weighted by Gasteiger charge is -2.25. The summed E-state index contributed by atoms with van der Waals surface area (Å²) in [7, 11) is 0. The van der Waals surface area contributed by atoms with Crippen LogP contribution in [-0.2, 0) is 11.3 Å². The highest BCUT2D eigenvalue weighted by Crippen LogP contribution is 2.24. The molecule has 2 aromatic heterocycles. The van der Waals surface area contributed by atoms with Gasteiger partial charge < -0.3 is 9.32 Å². The second-order valence-corrected chi connectivity index (χ2v) is 6.60. The number of rotatable bonds is 2. The number of hydrogen-bond donors (Lipinski definition) is 0. The molecule has 0 spiro atoms. The van der Waals surface area contributed by atoms with E-state index in [1.807, 2.05) is 29.2 Å². The van der Waals surface area contributed by atoms with E-state index in [-0.39, 0.29) is 23.6 Å². The number of carbonyl (C=O) groups is 1. The number of nitrogens with zero attached hydrogens (tertiary/aromatic N) is 3. The summed E-state index contributed by atoms with van der Waals surface area (Å²) in [6.07, 6.45) is 7.08. The van der Waals surface area contributed by atoms with Gasteiger partial charge in [0.25, 0.3) is 5.56 Å². The van der Waals surface area contributed by atoms with E-state index in [4.69, 9.17) is 4.42 Å². The highest BCUT2D eigenvalue weighted by atomic mass is 16.3. The number of amides is 1. The molecule has 25 heavy (non-hydrogen) atoms. The largest absolute Gasteiger partial charge is 0.448 e. The molecule has 6 heteroatoms. The normalized spacial score (nSPS) is 16.1. The van der Waals surface area contributed by atoms with Crippen LogP contribution in [-0.4, -0.2) is 33.4 Å². The third kappa shape index (κ3) is 3.04. The van der Waals surface area contributed by atoms with Crippen LogP contribution in [0.3, 0.4) is 0 Å². The topological polar surface area (TPSA) is 68.3 Å². The Morgan fingerprint density at radius 1 is 1.08 bits per heavy atom. The molecule has 0 aliphatic carbocycles. The Hall–Kier alpha value is -2.63. The molecule has 6 nitrogen and oxygen atoms in total. The lowest BCUT2D eigenvalue weighted by Crippen LogP contribution is -2.38. The molecule has 0 bridgehead atoms. The van der Waals surface area contributed by atoms with Crippen molar-refractivity contribution in [1.29, 1.82) is 0 Å². The Morgan fingerprint density at radius 2 is 1.80 bits per heavy atom. The van der Waals surface area contributed by atoms with Gasteiger partial charge in [0.1, 0.15) is 17.6 Å². The standard InChI is InChI=1S/C19H21N3O3/c23-16(21-10-6-2-1-3-7-11-21)12-22-13-20-17-14-8-4-5-9-15(14)25-18(17)19(22)24/h4-5,8-9,13H,1-3,6-7,10-12H2. The van der Waals surface area contributed by atoms with Crippen LogP contribution in [0.2, 0.25) is 0 Å². The summed E-state index contributed by atoms with van der Waals surface area (Å²) in [6, 6.07) is 7.43. The lowest BCUT2D eigenvalue weighted by atomic mass is 10.1. The summed E-state index contributed by atoms with van der Waals surface area (Å²) >= 11 is 0. The third-order valence-electron chi connectivity index (χ3n) is 4.86. The number of aromatic nitrogens is 2. The van der Waals surface area contributed by atoms with Gasteiger partial charge in [-0.1, -0.05) is 31.4 Å². The maximum absolute atomic E-state index is 12.7. The number of hydrogen-bond acceptors (Lipinski definition) is 4. The summed E-state index contributed by atoms with van der Waals surface area (Å²) in [6.45, 7) is 1.56. The Balaban J connectivity index is 1.62. The number of benzene rings is 1. The Kier molecular flexibility index (Phi) is 4.26. The fourth-order valence-corrected chi connectivity index (χ4v) is 3.47. The molecule has 3 aromatic rings. The quantitative estimate of drug-likeness (QED) is 0.720. The van der Waals surface area contributed by atoms with E-state index in [2.05, 4.69) is 4.98 Å². The summed E-state index contributed by atoms with van der Waals surface area (Å²) < 4.78 is 7.02. The summed E-state index contributed by atoms with van der Waals surface area (Å²) in [5.74, 6) is -0.0266. The second kappa shape index (κ2) is 6.70. The molecule has 0 atom stereocenters. The van der Waals surface area contributed by atoms with Crippen molar-refractivity contribution in [3.8, 4) is 0 Å². The lowest BCUT2D eigenvalue weighted by molar-refractivity contribution is -0.132. The average Bonchev–Trinajstić information content (AvgIpc) is 2.96. The molecule has 1 aromatic carbocycles. The van der Waals surface area contributed by atoms with Crippen LogP contribution in [0.15, 0.2) is 39.8 Å². The van der Waals surface area contributed by atoms with Gasteiger partial charge in [-0.25, -0.2) is 4.98 Å². The van der Waals surface area contributed by atoms with Crippen molar-refractivity contribution < 1.29 is 9.21 Å². The van der Waals surface area contributed by atoms with Crippen LogP contribution in [0.1, 0.15) is 32.1 Å². The predicted molar refractivity (Wildman–Crippen MR) is 95.4 cm³/mol. The summed E-state index contributed by atoms with van der Waals surface area (Å²) in [5.41, 5.74) is 1.09. The van der Waals surface area contributed by atoms with Gasteiger partial charge in [-0.15, -0.1) is 0 Å². The Morgan fingerprint density at radius 3 is 2.60 bits per heavy atom. The first kappa shape index (κ1) is 15.9. The zero-order chi connectivity index (χ0) is 17.2. The van der Waals surface area contributed by atoms with Crippen LogP contribution in [0.4, 0.5) is 0 Å². The molecular formula is C19H21N3O3. The molecular weight excluding hydrogens is 318 g/mol. The van der Waals surface area contributed by atoms with E-state index >= 15 is 0 Å². The molecule has 130 valence electrons. The van der Waals surface area contributed by atoms with Crippen molar-refractivity contribution in [2.24, 2.45) is 0 Å². The van der Waals surface area contributed by atoms with Crippen LogP contribution >= 0.6 is 0 Å². The van der Waals surface area contributed by atoms with Gasteiger partial charge in [-0.3, -0.25) is 14.2 Å². The van der Waals surface area contributed by atoms with Crippen LogP contribution in [0.5, 0.6) is 0 Å². The third-order valence-corrected chi connectivity index (χ3v) is 4.86. The SMILES string of the molecule is O=C(Cn1cnc2c(oc3ccccc32)c1=O)N1CCCCCCC1. The van der Waals surface area contributed by atoms with E-state index in [0.29, 0.717) is 11.1 Å². The highest BCUT2D eigenvalue weighted by molar-refractivity contribution is 6.01. The Labute approximate surface area is 145 Å². The van der Waals surface area contributed by atoms with Gasteiger partial charge in [0, 0.05) is 18.5 Å². The summed E-state index contributed by atoms with van der Waals surface area (Å²) in [5, 5.41) is 0.817. The first-order chi connectivity index (χ1) is 12.2.